The van der Waals surface area contributed by atoms with E-state index in [9.17, 15) is 4.39 Å². The molecule has 1 aromatic heterocycles. The Morgan fingerprint density at radius 3 is 3.00 bits per heavy atom. The quantitative estimate of drug-likeness (QED) is 0.893. The Bertz CT molecular complexity index is 556. The van der Waals surface area contributed by atoms with Gasteiger partial charge in [0.05, 0.1) is 22.8 Å². The van der Waals surface area contributed by atoms with Crippen LogP contribution in [0.5, 0.6) is 0 Å². The molecule has 2 aromatic rings. The predicted octanol–water partition coefficient (Wildman–Crippen LogP) is 4.19. The minimum Gasteiger partial charge on any atom is -0.439 e. The van der Waals surface area contributed by atoms with Gasteiger partial charge in [0.15, 0.2) is 11.6 Å². The maximum atomic E-state index is 13.9. The molecule has 0 bridgehead atoms. The SMILES string of the molecule is CCCNC(C)c1ncc(-c2cccc(Cl)c2F)o1. The molecule has 102 valence electrons. The van der Waals surface area contributed by atoms with Crippen LogP contribution >= 0.6 is 11.6 Å². The standard InChI is InChI=1S/C14H16ClFN2O/c1-3-7-17-9(2)14-18-8-12(19-14)10-5-4-6-11(15)13(10)16/h4-6,8-9,17H,3,7H2,1-2H3. The molecule has 1 aromatic carbocycles. The molecule has 0 aliphatic rings. The van der Waals surface area contributed by atoms with Gasteiger partial charge < -0.3 is 9.73 Å². The van der Waals surface area contributed by atoms with Gasteiger partial charge in [0.2, 0.25) is 5.89 Å². The number of aromatic nitrogens is 1. The summed E-state index contributed by atoms with van der Waals surface area (Å²) < 4.78 is 19.5. The van der Waals surface area contributed by atoms with E-state index in [1.807, 2.05) is 6.92 Å². The number of rotatable bonds is 5. The molecule has 0 saturated heterocycles. The first-order valence-electron chi connectivity index (χ1n) is 6.27. The summed E-state index contributed by atoms with van der Waals surface area (Å²) in [6.07, 6.45) is 2.55. The van der Waals surface area contributed by atoms with Gasteiger partial charge in [-0.25, -0.2) is 9.37 Å². The topological polar surface area (TPSA) is 38.1 Å². The first-order chi connectivity index (χ1) is 9.13. The molecular formula is C14H16ClFN2O. The summed E-state index contributed by atoms with van der Waals surface area (Å²) in [5.41, 5.74) is 0.328. The summed E-state index contributed by atoms with van der Waals surface area (Å²) in [4.78, 5) is 4.18. The van der Waals surface area contributed by atoms with Crippen molar-refractivity contribution in [2.75, 3.05) is 6.54 Å². The van der Waals surface area contributed by atoms with Gasteiger partial charge in [-0.2, -0.15) is 0 Å². The lowest BCUT2D eigenvalue weighted by atomic mass is 10.2. The molecule has 0 aliphatic heterocycles. The first kappa shape index (κ1) is 14.0. The van der Waals surface area contributed by atoms with E-state index in [1.165, 1.54) is 12.3 Å². The van der Waals surface area contributed by atoms with E-state index < -0.39 is 5.82 Å². The van der Waals surface area contributed by atoms with E-state index in [2.05, 4.69) is 17.2 Å². The van der Waals surface area contributed by atoms with Gasteiger partial charge >= 0.3 is 0 Å². The lowest BCUT2D eigenvalue weighted by molar-refractivity contribution is 0.422. The van der Waals surface area contributed by atoms with Crippen LogP contribution in [0.1, 0.15) is 32.2 Å². The molecule has 1 atom stereocenters. The number of benzene rings is 1. The molecule has 3 nitrogen and oxygen atoms in total. The van der Waals surface area contributed by atoms with Crippen LogP contribution in [-0.4, -0.2) is 11.5 Å². The molecule has 19 heavy (non-hydrogen) atoms. The minimum atomic E-state index is -0.485. The van der Waals surface area contributed by atoms with Gasteiger partial charge in [-0.15, -0.1) is 0 Å². The fraction of sp³-hybridized carbons (Fsp3) is 0.357. The van der Waals surface area contributed by atoms with E-state index in [4.69, 9.17) is 16.0 Å². The van der Waals surface area contributed by atoms with E-state index in [0.717, 1.165) is 13.0 Å². The third kappa shape index (κ3) is 3.14. The van der Waals surface area contributed by atoms with Crippen LogP contribution in [0.25, 0.3) is 11.3 Å². The number of hydrogen-bond acceptors (Lipinski definition) is 3. The van der Waals surface area contributed by atoms with Crippen molar-refractivity contribution < 1.29 is 8.81 Å². The molecule has 1 heterocycles. The summed E-state index contributed by atoms with van der Waals surface area (Å²) in [6, 6.07) is 4.80. The number of halogens is 2. The van der Waals surface area contributed by atoms with Gasteiger partial charge in [0.1, 0.15) is 0 Å². The molecule has 1 unspecified atom stereocenters. The zero-order chi connectivity index (χ0) is 13.8. The Balaban J connectivity index is 2.23. The molecule has 0 fully saturated rings. The first-order valence-corrected chi connectivity index (χ1v) is 6.64. The van der Waals surface area contributed by atoms with Crippen LogP contribution in [0.4, 0.5) is 4.39 Å². The Morgan fingerprint density at radius 2 is 2.26 bits per heavy atom. The average molecular weight is 283 g/mol. The molecule has 0 radical (unpaired) electrons. The fourth-order valence-electron chi connectivity index (χ4n) is 1.75. The summed E-state index contributed by atoms with van der Waals surface area (Å²) in [7, 11) is 0. The maximum Gasteiger partial charge on any atom is 0.211 e. The van der Waals surface area contributed by atoms with Crippen LogP contribution in [0.2, 0.25) is 5.02 Å². The van der Waals surface area contributed by atoms with Crippen LogP contribution in [0.15, 0.2) is 28.8 Å². The monoisotopic (exact) mass is 282 g/mol. The lowest BCUT2D eigenvalue weighted by Gasteiger charge is -2.08. The van der Waals surface area contributed by atoms with Crippen LogP contribution in [-0.2, 0) is 0 Å². The highest BCUT2D eigenvalue weighted by atomic mass is 35.5. The molecule has 0 spiro atoms. The van der Waals surface area contributed by atoms with Gasteiger partial charge in [-0.1, -0.05) is 24.6 Å². The molecule has 2 rings (SSSR count). The van der Waals surface area contributed by atoms with Gasteiger partial charge in [0, 0.05) is 0 Å². The van der Waals surface area contributed by atoms with Crippen molar-refractivity contribution >= 4 is 11.6 Å². The maximum absolute atomic E-state index is 13.9. The molecule has 5 heteroatoms. The Morgan fingerprint density at radius 1 is 1.47 bits per heavy atom. The van der Waals surface area contributed by atoms with Crippen molar-refractivity contribution in [3.8, 4) is 11.3 Å². The summed E-state index contributed by atoms with van der Waals surface area (Å²) in [5.74, 6) is 0.448. The summed E-state index contributed by atoms with van der Waals surface area (Å²) in [6.45, 7) is 4.92. The normalized spacial score (nSPS) is 12.6. The van der Waals surface area contributed by atoms with E-state index in [0.29, 0.717) is 17.2 Å². The van der Waals surface area contributed by atoms with Crippen molar-refractivity contribution in [3.05, 3.63) is 41.1 Å². The van der Waals surface area contributed by atoms with Crippen molar-refractivity contribution in [2.24, 2.45) is 0 Å². The number of nitrogens with zero attached hydrogens (tertiary/aromatic N) is 1. The van der Waals surface area contributed by atoms with Crippen LogP contribution in [0.3, 0.4) is 0 Å². The second-order valence-electron chi connectivity index (χ2n) is 4.34. The summed E-state index contributed by atoms with van der Waals surface area (Å²) >= 11 is 5.75. The number of hydrogen-bond donors (Lipinski definition) is 1. The van der Waals surface area contributed by atoms with Crippen LogP contribution < -0.4 is 5.32 Å². The zero-order valence-corrected chi connectivity index (χ0v) is 11.7. The van der Waals surface area contributed by atoms with Crippen molar-refractivity contribution in [3.63, 3.8) is 0 Å². The van der Waals surface area contributed by atoms with Crippen molar-refractivity contribution in [2.45, 2.75) is 26.3 Å². The van der Waals surface area contributed by atoms with Crippen molar-refractivity contribution in [1.82, 2.24) is 10.3 Å². The second kappa shape index (κ2) is 6.17. The number of nitrogens with one attached hydrogen (secondary N) is 1. The van der Waals surface area contributed by atoms with Gasteiger partial charge in [-0.05, 0) is 32.0 Å². The third-order valence-corrected chi connectivity index (χ3v) is 3.10. The molecule has 0 aliphatic carbocycles. The van der Waals surface area contributed by atoms with E-state index in [-0.39, 0.29) is 11.1 Å². The second-order valence-corrected chi connectivity index (χ2v) is 4.75. The van der Waals surface area contributed by atoms with Gasteiger partial charge in [-0.3, -0.25) is 0 Å². The minimum absolute atomic E-state index is 0.00375. The number of oxazole rings is 1. The van der Waals surface area contributed by atoms with E-state index >= 15 is 0 Å². The smallest absolute Gasteiger partial charge is 0.211 e. The Kier molecular flexibility index (Phi) is 4.56. The fourth-order valence-corrected chi connectivity index (χ4v) is 1.93. The van der Waals surface area contributed by atoms with E-state index in [1.54, 1.807) is 12.1 Å². The Labute approximate surface area is 116 Å². The average Bonchev–Trinajstić information content (AvgIpc) is 2.88. The molecule has 0 saturated carbocycles. The third-order valence-electron chi connectivity index (χ3n) is 2.81. The van der Waals surface area contributed by atoms with Crippen LogP contribution in [0, 0.1) is 5.82 Å². The highest BCUT2D eigenvalue weighted by Gasteiger charge is 2.16. The zero-order valence-electron chi connectivity index (χ0n) is 10.9. The highest BCUT2D eigenvalue weighted by molar-refractivity contribution is 6.31. The highest BCUT2D eigenvalue weighted by Crippen LogP contribution is 2.29. The Hall–Kier alpha value is -1.39. The lowest BCUT2D eigenvalue weighted by Crippen LogP contribution is -2.19. The van der Waals surface area contributed by atoms with Gasteiger partial charge in [0.25, 0.3) is 0 Å². The molecular weight excluding hydrogens is 267 g/mol. The summed E-state index contributed by atoms with van der Waals surface area (Å²) in [5, 5.41) is 3.34. The predicted molar refractivity (Wildman–Crippen MR) is 73.6 cm³/mol. The van der Waals surface area contributed by atoms with Crippen molar-refractivity contribution in [1.29, 1.82) is 0 Å². The molecule has 1 N–H and O–H groups in total. The molecule has 0 amide bonds. The largest absolute Gasteiger partial charge is 0.439 e.